The number of carbonyl (C=O) groups is 2. The first-order valence-electron chi connectivity index (χ1n) is 11.9. The van der Waals surface area contributed by atoms with Crippen LogP contribution in [0, 0.1) is 6.92 Å². The van der Waals surface area contributed by atoms with Crippen molar-refractivity contribution in [2.75, 3.05) is 39.4 Å². The maximum absolute atomic E-state index is 13.2. The third kappa shape index (κ3) is 4.93. The van der Waals surface area contributed by atoms with E-state index in [2.05, 4.69) is 25.7 Å². The van der Waals surface area contributed by atoms with Crippen LogP contribution < -0.4 is 0 Å². The average molecular weight is 463 g/mol. The molecular weight excluding hydrogens is 428 g/mol. The highest BCUT2D eigenvalue weighted by Crippen LogP contribution is 2.40. The van der Waals surface area contributed by atoms with E-state index in [1.54, 1.807) is 17.0 Å². The molecule has 180 valence electrons. The standard InChI is InChI=1S/C28H34N2O4/c1-19-5-7-21(8-6-19)25(31)23-24(20-9-11-22(12-10-20)28(2,3)4)30(27(33)26(23)32)14-13-29-15-17-34-18-16-29/h5-12,24,31H,13-18H2,1-4H3/b25-23+/t24-/m1/s1. The first kappa shape index (κ1) is 24.2. The molecule has 2 aliphatic heterocycles. The fraction of sp³-hybridized carbons (Fsp3) is 0.429. The molecular formula is C28H34N2O4. The number of hydrogen-bond donors (Lipinski definition) is 1. The molecule has 1 amide bonds. The van der Waals surface area contributed by atoms with Crippen LogP contribution in [0.2, 0.25) is 0 Å². The summed E-state index contributed by atoms with van der Waals surface area (Å²) in [6, 6.07) is 14.7. The monoisotopic (exact) mass is 462 g/mol. The van der Waals surface area contributed by atoms with E-state index in [0.29, 0.717) is 31.9 Å². The van der Waals surface area contributed by atoms with Gasteiger partial charge in [0.2, 0.25) is 0 Å². The molecule has 0 aromatic heterocycles. The van der Waals surface area contributed by atoms with Gasteiger partial charge < -0.3 is 14.7 Å². The molecule has 4 rings (SSSR count). The number of aryl methyl sites for hydroxylation is 1. The van der Waals surface area contributed by atoms with Gasteiger partial charge in [-0.05, 0) is 23.5 Å². The normalized spacial score (nSPS) is 21.3. The minimum absolute atomic E-state index is 0.0153. The minimum atomic E-state index is -0.634. The van der Waals surface area contributed by atoms with Gasteiger partial charge in [0.15, 0.2) is 0 Å². The van der Waals surface area contributed by atoms with Gasteiger partial charge in [-0.15, -0.1) is 0 Å². The van der Waals surface area contributed by atoms with Gasteiger partial charge in [0, 0.05) is 31.7 Å². The summed E-state index contributed by atoms with van der Waals surface area (Å²) < 4.78 is 5.43. The molecule has 2 aliphatic rings. The first-order valence-corrected chi connectivity index (χ1v) is 11.9. The number of ketones is 1. The molecule has 0 spiro atoms. The van der Waals surface area contributed by atoms with Crippen molar-refractivity contribution in [3.63, 3.8) is 0 Å². The Hall–Kier alpha value is -2.96. The lowest BCUT2D eigenvalue weighted by molar-refractivity contribution is -0.140. The quantitative estimate of drug-likeness (QED) is 0.413. The zero-order chi connectivity index (χ0) is 24.5. The third-order valence-corrected chi connectivity index (χ3v) is 6.72. The van der Waals surface area contributed by atoms with Crippen LogP contribution in [-0.2, 0) is 19.7 Å². The molecule has 0 aliphatic carbocycles. The van der Waals surface area contributed by atoms with Crippen molar-refractivity contribution in [3.05, 3.63) is 76.4 Å². The highest BCUT2D eigenvalue weighted by molar-refractivity contribution is 6.46. The molecule has 2 heterocycles. The van der Waals surface area contributed by atoms with E-state index in [0.717, 1.165) is 24.2 Å². The molecule has 0 bridgehead atoms. The maximum atomic E-state index is 13.2. The summed E-state index contributed by atoms with van der Waals surface area (Å²) in [5.74, 6) is -1.33. The minimum Gasteiger partial charge on any atom is -0.507 e. The van der Waals surface area contributed by atoms with Crippen molar-refractivity contribution in [1.82, 2.24) is 9.80 Å². The van der Waals surface area contributed by atoms with E-state index in [1.165, 1.54) is 5.56 Å². The van der Waals surface area contributed by atoms with Crippen molar-refractivity contribution in [2.24, 2.45) is 0 Å². The van der Waals surface area contributed by atoms with Gasteiger partial charge in [0.05, 0.1) is 24.8 Å². The summed E-state index contributed by atoms with van der Waals surface area (Å²) in [5.41, 5.74) is 3.71. The van der Waals surface area contributed by atoms with Gasteiger partial charge in [-0.3, -0.25) is 14.5 Å². The summed E-state index contributed by atoms with van der Waals surface area (Å²) in [6.07, 6.45) is 0. The Kier molecular flexibility index (Phi) is 6.91. The van der Waals surface area contributed by atoms with Crippen molar-refractivity contribution in [3.8, 4) is 0 Å². The Bertz CT molecular complexity index is 1070. The van der Waals surface area contributed by atoms with Crippen molar-refractivity contribution >= 4 is 17.4 Å². The van der Waals surface area contributed by atoms with Gasteiger partial charge in [-0.25, -0.2) is 0 Å². The lowest BCUT2D eigenvalue weighted by Crippen LogP contribution is -2.42. The number of Topliss-reactive ketones (excluding diaryl/α,β-unsaturated/α-hetero) is 1. The number of aliphatic hydroxyl groups is 1. The molecule has 6 nitrogen and oxygen atoms in total. The van der Waals surface area contributed by atoms with Crippen LogP contribution in [-0.4, -0.2) is 66.0 Å². The topological polar surface area (TPSA) is 70.1 Å². The Labute approximate surface area is 201 Å². The maximum Gasteiger partial charge on any atom is 0.295 e. The molecule has 2 saturated heterocycles. The van der Waals surface area contributed by atoms with Crippen LogP contribution in [0.15, 0.2) is 54.1 Å². The molecule has 1 atom stereocenters. The zero-order valence-corrected chi connectivity index (χ0v) is 20.5. The summed E-state index contributed by atoms with van der Waals surface area (Å²) in [7, 11) is 0. The van der Waals surface area contributed by atoms with E-state index < -0.39 is 17.7 Å². The molecule has 6 heteroatoms. The number of carbonyl (C=O) groups excluding carboxylic acids is 2. The van der Waals surface area contributed by atoms with Gasteiger partial charge in [-0.2, -0.15) is 0 Å². The van der Waals surface area contributed by atoms with E-state index in [1.807, 2.05) is 43.3 Å². The number of rotatable bonds is 5. The first-order chi connectivity index (χ1) is 16.2. The smallest absolute Gasteiger partial charge is 0.295 e. The SMILES string of the molecule is Cc1ccc(/C(O)=C2\C(=O)C(=O)N(CCN3CCOCC3)[C@@H]2c2ccc(C(C)(C)C)cc2)cc1. The number of likely N-dealkylation sites (tertiary alicyclic amines) is 1. The molecule has 0 radical (unpaired) electrons. The van der Waals surface area contributed by atoms with E-state index in [-0.39, 0.29) is 16.7 Å². The van der Waals surface area contributed by atoms with E-state index in [4.69, 9.17) is 4.74 Å². The Morgan fingerprint density at radius 2 is 1.59 bits per heavy atom. The fourth-order valence-corrected chi connectivity index (χ4v) is 4.56. The van der Waals surface area contributed by atoms with E-state index in [9.17, 15) is 14.7 Å². The number of amides is 1. The second-order valence-corrected chi connectivity index (χ2v) is 10.2. The molecule has 1 N–H and O–H groups in total. The van der Waals surface area contributed by atoms with Gasteiger partial charge in [0.1, 0.15) is 5.76 Å². The Morgan fingerprint density at radius 1 is 0.971 bits per heavy atom. The van der Waals surface area contributed by atoms with Crippen LogP contribution in [0.5, 0.6) is 0 Å². The molecule has 0 unspecified atom stereocenters. The Morgan fingerprint density at radius 3 is 2.18 bits per heavy atom. The second-order valence-electron chi connectivity index (χ2n) is 10.2. The predicted octanol–water partition coefficient (Wildman–Crippen LogP) is 4.05. The summed E-state index contributed by atoms with van der Waals surface area (Å²) in [6.45, 7) is 12.4. The fourth-order valence-electron chi connectivity index (χ4n) is 4.56. The van der Waals surface area contributed by atoms with Gasteiger partial charge in [0.25, 0.3) is 11.7 Å². The van der Waals surface area contributed by atoms with Gasteiger partial charge in [-0.1, -0.05) is 74.9 Å². The number of morpholine rings is 1. The van der Waals surface area contributed by atoms with Crippen LogP contribution in [0.4, 0.5) is 0 Å². The summed E-state index contributed by atoms with van der Waals surface area (Å²) in [4.78, 5) is 30.2. The van der Waals surface area contributed by atoms with Crippen molar-refractivity contribution in [2.45, 2.75) is 39.2 Å². The molecule has 2 fully saturated rings. The van der Waals surface area contributed by atoms with Crippen molar-refractivity contribution < 1.29 is 19.4 Å². The largest absolute Gasteiger partial charge is 0.507 e. The summed E-state index contributed by atoms with van der Waals surface area (Å²) in [5, 5.41) is 11.2. The predicted molar refractivity (Wildman–Crippen MR) is 133 cm³/mol. The van der Waals surface area contributed by atoms with Crippen LogP contribution in [0.25, 0.3) is 5.76 Å². The number of nitrogens with zero attached hydrogens (tertiary/aromatic N) is 2. The summed E-state index contributed by atoms with van der Waals surface area (Å²) >= 11 is 0. The van der Waals surface area contributed by atoms with E-state index >= 15 is 0 Å². The average Bonchev–Trinajstić information content (AvgIpc) is 3.08. The molecule has 2 aromatic rings. The molecule has 34 heavy (non-hydrogen) atoms. The number of ether oxygens (including phenoxy) is 1. The van der Waals surface area contributed by atoms with Crippen molar-refractivity contribution in [1.29, 1.82) is 0 Å². The lowest BCUT2D eigenvalue weighted by Gasteiger charge is -2.31. The van der Waals surface area contributed by atoms with Crippen LogP contribution in [0.1, 0.15) is 49.1 Å². The molecule has 2 aromatic carbocycles. The number of benzene rings is 2. The second kappa shape index (κ2) is 9.72. The lowest BCUT2D eigenvalue weighted by atomic mass is 9.85. The van der Waals surface area contributed by atoms with Crippen LogP contribution in [0.3, 0.4) is 0 Å². The van der Waals surface area contributed by atoms with Crippen LogP contribution >= 0.6 is 0 Å². The van der Waals surface area contributed by atoms with Gasteiger partial charge >= 0.3 is 0 Å². The number of hydrogen-bond acceptors (Lipinski definition) is 5. The highest BCUT2D eigenvalue weighted by Gasteiger charge is 2.46. The zero-order valence-electron chi connectivity index (χ0n) is 20.5. The third-order valence-electron chi connectivity index (χ3n) is 6.72. The Balaban J connectivity index is 1.74. The number of aliphatic hydroxyl groups excluding tert-OH is 1. The highest BCUT2D eigenvalue weighted by atomic mass is 16.5. The molecule has 0 saturated carbocycles.